The standard InChI is InChI=1S/C17H16N4O2/c22-16-12-20-21(15-7-2-1-6-14(15)16)10-8-17(23)19-11-13-5-3-4-9-18-13/h1-7,9,12H,8,10-11H2,(H,19,23). The van der Waals surface area contributed by atoms with Gasteiger partial charge in [-0.3, -0.25) is 19.3 Å². The average Bonchev–Trinajstić information content (AvgIpc) is 2.60. The van der Waals surface area contributed by atoms with E-state index in [9.17, 15) is 9.59 Å². The lowest BCUT2D eigenvalue weighted by Crippen LogP contribution is -2.25. The fourth-order valence-electron chi connectivity index (χ4n) is 2.33. The highest BCUT2D eigenvalue weighted by atomic mass is 16.1. The second-order valence-electron chi connectivity index (χ2n) is 5.10. The van der Waals surface area contributed by atoms with E-state index in [4.69, 9.17) is 0 Å². The van der Waals surface area contributed by atoms with Gasteiger partial charge in [-0.15, -0.1) is 0 Å². The van der Waals surface area contributed by atoms with Crippen molar-refractivity contribution in [3.63, 3.8) is 0 Å². The second-order valence-corrected chi connectivity index (χ2v) is 5.10. The molecule has 0 spiro atoms. The maximum Gasteiger partial charge on any atom is 0.222 e. The zero-order chi connectivity index (χ0) is 16.1. The third-order valence-electron chi connectivity index (χ3n) is 3.51. The predicted octanol–water partition coefficient (Wildman–Crippen LogP) is 1.50. The quantitative estimate of drug-likeness (QED) is 0.775. The molecule has 0 saturated heterocycles. The molecule has 1 N–H and O–H groups in total. The van der Waals surface area contributed by atoms with Crippen molar-refractivity contribution in [1.29, 1.82) is 0 Å². The molecular formula is C17H16N4O2. The molecule has 0 saturated carbocycles. The Hall–Kier alpha value is -3.02. The highest BCUT2D eigenvalue weighted by Crippen LogP contribution is 2.08. The van der Waals surface area contributed by atoms with Gasteiger partial charge in [0, 0.05) is 18.0 Å². The van der Waals surface area contributed by atoms with Gasteiger partial charge in [0.05, 0.1) is 30.5 Å². The molecule has 6 nitrogen and oxygen atoms in total. The maximum atomic E-state index is 12.0. The van der Waals surface area contributed by atoms with Crippen LogP contribution in [0.4, 0.5) is 0 Å². The lowest BCUT2D eigenvalue weighted by atomic mass is 10.2. The highest BCUT2D eigenvalue weighted by Gasteiger charge is 2.06. The molecule has 0 atom stereocenters. The van der Waals surface area contributed by atoms with Crippen LogP contribution >= 0.6 is 0 Å². The Kier molecular flexibility index (Phi) is 4.42. The summed E-state index contributed by atoms with van der Waals surface area (Å²) in [6, 6.07) is 12.8. The molecule has 0 fully saturated rings. The summed E-state index contributed by atoms with van der Waals surface area (Å²) < 4.78 is 1.68. The number of rotatable bonds is 5. The van der Waals surface area contributed by atoms with Crippen molar-refractivity contribution >= 4 is 16.8 Å². The van der Waals surface area contributed by atoms with Crippen molar-refractivity contribution in [2.24, 2.45) is 0 Å². The van der Waals surface area contributed by atoms with E-state index in [1.165, 1.54) is 6.20 Å². The number of nitrogens with one attached hydrogen (secondary N) is 1. The summed E-state index contributed by atoms with van der Waals surface area (Å²) in [6.45, 7) is 0.812. The fourth-order valence-corrected chi connectivity index (χ4v) is 2.33. The van der Waals surface area contributed by atoms with Crippen molar-refractivity contribution in [3.8, 4) is 0 Å². The molecule has 23 heavy (non-hydrogen) atoms. The molecule has 2 aromatic heterocycles. The van der Waals surface area contributed by atoms with Crippen LogP contribution in [0.3, 0.4) is 0 Å². The van der Waals surface area contributed by atoms with E-state index in [0.29, 0.717) is 18.5 Å². The molecule has 0 bridgehead atoms. The Morgan fingerprint density at radius 2 is 1.96 bits per heavy atom. The number of pyridine rings is 1. The molecule has 1 amide bonds. The summed E-state index contributed by atoms with van der Waals surface area (Å²) in [7, 11) is 0. The van der Waals surface area contributed by atoms with Gasteiger partial charge >= 0.3 is 0 Å². The Morgan fingerprint density at radius 3 is 2.78 bits per heavy atom. The van der Waals surface area contributed by atoms with Crippen LogP contribution in [0.5, 0.6) is 0 Å². The molecule has 6 heteroatoms. The first-order valence-electron chi connectivity index (χ1n) is 7.35. The fraction of sp³-hybridized carbons (Fsp3) is 0.176. The van der Waals surface area contributed by atoms with Crippen molar-refractivity contribution in [2.45, 2.75) is 19.5 Å². The zero-order valence-corrected chi connectivity index (χ0v) is 12.5. The molecular weight excluding hydrogens is 292 g/mol. The van der Waals surface area contributed by atoms with E-state index in [0.717, 1.165) is 11.2 Å². The topological polar surface area (TPSA) is 76.9 Å². The lowest BCUT2D eigenvalue weighted by Gasteiger charge is -2.09. The summed E-state index contributed by atoms with van der Waals surface area (Å²) in [4.78, 5) is 27.9. The van der Waals surface area contributed by atoms with Crippen LogP contribution in [-0.4, -0.2) is 20.7 Å². The summed E-state index contributed by atoms with van der Waals surface area (Å²) in [6.07, 6.45) is 3.26. The van der Waals surface area contributed by atoms with Crippen LogP contribution in [0.1, 0.15) is 12.1 Å². The first-order valence-corrected chi connectivity index (χ1v) is 7.35. The number of carbonyl (C=O) groups is 1. The summed E-state index contributed by atoms with van der Waals surface area (Å²) in [5.74, 6) is -0.0831. The molecule has 0 radical (unpaired) electrons. The van der Waals surface area contributed by atoms with Crippen LogP contribution in [-0.2, 0) is 17.9 Å². The number of hydrogen-bond acceptors (Lipinski definition) is 4. The van der Waals surface area contributed by atoms with Crippen LogP contribution in [0.25, 0.3) is 10.9 Å². The number of aryl methyl sites for hydroxylation is 1. The van der Waals surface area contributed by atoms with Gasteiger partial charge in [0.15, 0.2) is 0 Å². The normalized spacial score (nSPS) is 10.6. The average molecular weight is 308 g/mol. The number of aromatic nitrogens is 3. The Morgan fingerprint density at radius 1 is 1.13 bits per heavy atom. The van der Waals surface area contributed by atoms with Gasteiger partial charge in [0.25, 0.3) is 0 Å². The van der Waals surface area contributed by atoms with Gasteiger partial charge in [-0.05, 0) is 24.3 Å². The lowest BCUT2D eigenvalue weighted by molar-refractivity contribution is -0.121. The number of hydrogen-bond donors (Lipinski definition) is 1. The van der Waals surface area contributed by atoms with E-state index in [1.807, 2.05) is 36.4 Å². The highest BCUT2D eigenvalue weighted by molar-refractivity contribution is 5.79. The number of benzene rings is 1. The predicted molar refractivity (Wildman–Crippen MR) is 86.7 cm³/mol. The van der Waals surface area contributed by atoms with E-state index in [-0.39, 0.29) is 17.8 Å². The largest absolute Gasteiger partial charge is 0.350 e. The van der Waals surface area contributed by atoms with Crippen LogP contribution < -0.4 is 10.7 Å². The minimum atomic E-state index is -0.114. The number of para-hydroxylation sites is 1. The van der Waals surface area contributed by atoms with Crippen molar-refractivity contribution in [1.82, 2.24) is 20.1 Å². The van der Waals surface area contributed by atoms with Crippen molar-refractivity contribution in [2.75, 3.05) is 0 Å². The molecule has 0 aliphatic rings. The number of nitrogens with zero attached hydrogens (tertiary/aromatic N) is 3. The zero-order valence-electron chi connectivity index (χ0n) is 12.5. The first kappa shape index (κ1) is 14.9. The third-order valence-corrected chi connectivity index (χ3v) is 3.51. The van der Waals surface area contributed by atoms with Crippen LogP contribution in [0.15, 0.2) is 59.7 Å². The molecule has 2 heterocycles. The van der Waals surface area contributed by atoms with Crippen molar-refractivity contribution in [3.05, 3.63) is 70.8 Å². The molecule has 116 valence electrons. The van der Waals surface area contributed by atoms with Gasteiger partial charge in [-0.25, -0.2) is 0 Å². The van der Waals surface area contributed by atoms with Crippen LogP contribution in [0, 0.1) is 0 Å². The van der Waals surface area contributed by atoms with Crippen molar-refractivity contribution < 1.29 is 4.79 Å². The van der Waals surface area contributed by atoms with Crippen LogP contribution in [0.2, 0.25) is 0 Å². The van der Waals surface area contributed by atoms with E-state index in [1.54, 1.807) is 16.9 Å². The molecule has 1 aromatic carbocycles. The second kappa shape index (κ2) is 6.83. The monoisotopic (exact) mass is 308 g/mol. The smallest absolute Gasteiger partial charge is 0.222 e. The summed E-state index contributed by atoms with van der Waals surface area (Å²) >= 11 is 0. The van der Waals surface area contributed by atoms with Gasteiger partial charge in [-0.2, -0.15) is 5.10 Å². The van der Waals surface area contributed by atoms with Gasteiger partial charge in [0.2, 0.25) is 11.3 Å². The number of amides is 1. The van der Waals surface area contributed by atoms with E-state index >= 15 is 0 Å². The summed E-state index contributed by atoms with van der Waals surface area (Å²) in [5, 5.41) is 7.54. The Bertz CT molecular complexity index is 874. The minimum absolute atomic E-state index is 0.0831. The van der Waals surface area contributed by atoms with Gasteiger partial charge < -0.3 is 5.32 Å². The van der Waals surface area contributed by atoms with E-state index in [2.05, 4.69) is 15.4 Å². The Labute approximate surface area is 132 Å². The number of fused-ring (bicyclic) bond motifs is 1. The Balaban J connectivity index is 1.63. The third kappa shape index (κ3) is 3.60. The van der Waals surface area contributed by atoms with Gasteiger partial charge in [-0.1, -0.05) is 18.2 Å². The molecule has 3 aromatic rings. The molecule has 0 unspecified atom stereocenters. The minimum Gasteiger partial charge on any atom is -0.350 e. The molecule has 3 rings (SSSR count). The summed E-state index contributed by atoms with van der Waals surface area (Å²) in [5.41, 5.74) is 1.43. The molecule has 0 aliphatic carbocycles. The molecule has 0 aliphatic heterocycles. The maximum absolute atomic E-state index is 12.0. The van der Waals surface area contributed by atoms with Gasteiger partial charge in [0.1, 0.15) is 0 Å². The van der Waals surface area contributed by atoms with E-state index < -0.39 is 0 Å². The first-order chi connectivity index (χ1) is 11.2. The number of carbonyl (C=O) groups excluding carboxylic acids is 1. The SMILES string of the molecule is O=C(CCn1ncc(=O)c2ccccc21)NCc1ccccn1.